The summed E-state index contributed by atoms with van der Waals surface area (Å²) in [4.78, 5) is 15.3. The van der Waals surface area contributed by atoms with Gasteiger partial charge < -0.3 is 10.6 Å². The third-order valence-corrected chi connectivity index (χ3v) is 4.78. The lowest BCUT2D eigenvalue weighted by molar-refractivity contribution is 0.0673. The van der Waals surface area contributed by atoms with Crippen LogP contribution in [0.4, 0.5) is 0 Å². The molecular formula is C16H22N2OS. The largest absolute Gasteiger partial charge is 0.339 e. The van der Waals surface area contributed by atoms with E-state index in [1.807, 2.05) is 23.4 Å². The summed E-state index contributed by atoms with van der Waals surface area (Å²) in [6.45, 7) is 2.62. The van der Waals surface area contributed by atoms with E-state index in [1.165, 1.54) is 24.2 Å². The molecule has 0 radical (unpaired) electrons. The lowest BCUT2D eigenvalue weighted by Gasteiger charge is -2.34. The Bertz CT molecular complexity index is 526. The van der Waals surface area contributed by atoms with Crippen LogP contribution in [0.3, 0.4) is 0 Å². The van der Waals surface area contributed by atoms with Gasteiger partial charge in [-0.2, -0.15) is 0 Å². The first-order valence-electron chi connectivity index (χ1n) is 7.16. The Balaban J connectivity index is 2.04. The van der Waals surface area contributed by atoms with Crippen LogP contribution >= 0.6 is 11.3 Å². The number of nitrogens with zero attached hydrogens (tertiary/aromatic N) is 1. The number of hydrogen-bond donors (Lipinski definition) is 1. The van der Waals surface area contributed by atoms with E-state index in [2.05, 4.69) is 18.8 Å². The molecule has 1 fully saturated rings. The van der Waals surface area contributed by atoms with E-state index < -0.39 is 0 Å². The van der Waals surface area contributed by atoms with Crippen molar-refractivity contribution in [3.05, 3.63) is 21.9 Å². The first-order chi connectivity index (χ1) is 9.61. The van der Waals surface area contributed by atoms with Gasteiger partial charge in [0.15, 0.2) is 0 Å². The molecule has 1 aliphatic rings. The Hall–Kier alpha value is -1.31. The van der Waals surface area contributed by atoms with E-state index in [0.29, 0.717) is 12.6 Å². The van der Waals surface area contributed by atoms with Gasteiger partial charge in [0.25, 0.3) is 5.91 Å². The van der Waals surface area contributed by atoms with Crippen LogP contribution in [0.15, 0.2) is 11.4 Å². The maximum atomic E-state index is 12.5. The molecule has 4 heteroatoms. The first kappa shape index (κ1) is 15.1. The van der Waals surface area contributed by atoms with E-state index >= 15 is 0 Å². The monoisotopic (exact) mass is 290 g/mol. The predicted octanol–water partition coefficient (Wildman–Crippen LogP) is 2.71. The highest BCUT2D eigenvalue weighted by molar-refractivity contribution is 7.10. The minimum Gasteiger partial charge on any atom is -0.339 e. The molecule has 108 valence electrons. The summed E-state index contributed by atoms with van der Waals surface area (Å²) >= 11 is 1.51. The molecule has 2 N–H and O–H groups in total. The molecule has 1 saturated carbocycles. The van der Waals surface area contributed by atoms with E-state index in [9.17, 15) is 4.79 Å². The molecule has 0 bridgehead atoms. The predicted molar refractivity (Wildman–Crippen MR) is 83.8 cm³/mol. The second kappa shape index (κ2) is 6.92. The van der Waals surface area contributed by atoms with Crippen molar-refractivity contribution in [2.75, 3.05) is 13.6 Å². The third kappa shape index (κ3) is 3.62. The van der Waals surface area contributed by atoms with Crippen molar-refractivity contribution in [1.82, 2.24) is 4.90 Å². The molecule has 2 unspecified atom stereocenters. The van der Waals surface area contributed by atoms with Crippen molar-refractivity contribution in [3.8, 4) is 11.8 Å². The molecule has 0 aliphatic heterocycles. The summed E-state index contributed by atoms with van der Waals surface area (Å²) < 4.78 is 0. The fourth-order valence-electron chi connectivity index (χ4n) is 2.78. The summed E-state index contributed by atoms with van der Waals surface area (Å²) in [6, 6.07) is 2.25. The van der Waals surface area contributed by atoms with Gasteiger partial charge in [-0.3, -0.25) is 4.79 Å². The molecule has 1 amide bonds. The van der Waals surface area contributed by atoms with Gasteiger partial charge in [-0.25, -0.2) is 0 Å². The minimum absolute atomic E-state index is 0.112. The van der Waals surface area contributed by atoms with Crippen LogP contribution in [0.2, 0.25) is 0 Å². The number of hydrogen-bond acceptors (Lipinski definition) is 3. The number of amides is 1. The second-order valence-corrected chi connectivity index (χ2v) is 6.46. The molecule has 1 aromatic rings. The molecule has 3 nitrogen and oxygen atoms in total. The van der Waals surface area contributed by atoms with Crippen molar-refractivity contribution in [2.45, 2.75) is 38.6 Å². The molecule has 0 saturated heterocycles. The highest BCUT2D eigenvalue weighted by Crippen LogP contribution is 2.28. The smallest absolute Gasteiger partial charge is 0.254 e. The summed E-state index contributed by atoms with van der Waals surface area (Å²) in [7, 11) is 1.92. The fraction of sp³-hybridized carbons (Fsp3) is 0.562. The van der Waals surface area contributed by atoms with E-state index in [4.69, 9.17) is 5.73 Å². The normalized spacial score (nSPS) is 21.9. The highest BCUT2D eigenvalue weighted by Gasteiger charge is 2.26. The Morgan fingerprint density at radius 1 is 1.55 bits per heavy atom. The van der Waals surface area contributed by atoms with Gasteiger partial charge in [0.1, 0.15) is 0 Å². The minimum atomic E-state index is 0.112. The number of carbonyl (C=O) groups is 1. The SMILES string of the molecule is CC1CCCC(N(C)C(=O)c2csc(C#CCN)c2)C1. The van der Waals surface area contributed by atoms with Crippen molar-refractivity contribution < 1.29 is 4.79 Å². The van der Waals surface area contributed by atoms with Gasteiger partial charge in [0.2, 0.25) is 0 Å². The van der Waals surface area contributed by atoms with E-state index in [0.717, 1.165) is 29.2 Å². The number of nitrogens with two attached hydrogens (primary N) is 1. The molecule has 0 aromatic carbocycles. The molecule has 20 heavy (non-hydrogen) atoms. The lowest BCUT2D eigenvalue weighted by atomic mass is 9.86. The van der Waals surface area contributed by atoms with Gasteiger partial charge in [0, 0.05) is 18.5 Å². The van der Waals surface area contributed by atoms with Crippen LogP contribution in [0, 0.1) is 17.8 Å². The summed E-state index contributed by atoms with van der Waals surface area (Å²) in [6.07, 6.45) is 4.75. The lowest BCUT2D eigenvalue weighted by Crippen LogP contribution is -2.39. The van der Waals surface area contributed by atoms with Crippen LogP contribution in [-0.4, -0.2) is 30.4 Å². The van der Waals surface area contributed by atoms with Gasteiger partial charge >= 0.3 is 0 Å². The van der Waals surface area contributed by atoms with Crippen LogP contribution in [0.1, 0.15) is 47.8 Å². The number of rotatable bonds is 2. The van der Waals surface area contributed by atoms with Crippen LogP contribution in [0.5, 0.6) is 0 Å². The topological polar surface area (TPSA) is 46.3 Å². The number of thiophene rings is 1. The quantitative estimate of drug-likeness (QED) is 0.851. The zero-order chi connectivity index (χ0) is 14.5. The summed E-state index contributed by atoms with van der Waals surface area (Å²) in [5.74, 6) is 6.63. The molecule has 2 rings (SSSR count). The van der Waals surface area contributed by atoms with E-state index in [1.54, 1.807) is 0 Å². The summed E-state index contributed by atoms with van der Waals surface area (Å²) in [5, 5.41) is 1.89. The molecular weight excluding hydrogens is 268 g/mol. The van der Waals surface area contributed by atoms with Crippen molar-refractivity contribution >= 4 is 17.2 Å². The van der Waals surface area contributed by atoms with Gasteiger partial charge in [-0.1, -0.05) is 31.6 Å². The Labute approximate surface area is 125 Å². The Morgan fingerprint density at radius 2 is 2.35 bits per heavy atom. The van der Waals surface area contributed by atoms with Crippen molar-refractivity contribution in [3.63, 3.8) is 0 Å². The number of carbonyl (C=O) groups excluding carboxylic acids is 1. The Kier molecular flexibility index (Phi) is 5.22. The second-order valence-electron chi connectivity index (χ2n) is 5.55. The summed E-state index contributed by atoms with van der Waals surface area (Å²) in [5.41, 5.74) is 6.10. The molecule has 0 spiro atoms. The maximum absolute atomic E-state index is 12.5. The third-order valence-electron chi connectivity index (χ3n) is 3.94. The Morgan fingerprint density at radius 3 is 3.05 bits per heavy atom. The average Bonchev–Trinajstić information content (AvgIpc) is 2.92. The average molecular weight is 290 g/mol. The van der Waals surface area contributed by atoms with Crippen LogP contribution in [0.25, 0.3) is 0 Å². The molecule has 1 heterocycles. The highest BCUT2D eigenvalue weighted by atomic mass is 32.1. The van der Waals surface area contributed by atoms with E-state index in [-0.39, 0.29) is 5.91 Å². The molecule has 1 aliphatic carbocycles. The van der Waals surface area contributed by atoms with Crippen molar-refractivity contribution in [1.29, 1.82) is 0 Å². The fourth-order valence-corrected chi connectivity index (χ4v) is 3.52. The van der Waals surface area contributed by atoms with Gasteiger partial charge in [0.05, 0.1) is 17.0 Å². The van der Waals surface area contributed by atoms with Crippen LogP contribution in [-0.2, 0) is 0 Å². The van der Waals surface area contributed by atoms with Crippen molar-refractivity contribution in [2.24, 2.45) is 11.7 Å². The molecule has 2 atom stereocenters. The first-order valence-corrected chi connectivity index (χ1v) is 8.04. The maximum Gasteiger partial charge on any atom is 0.254 e. The molecule has 1 aromatic heterocycles. The zero-order valence-electron chi connectivity index (χ0n) is 12.2. The zero-order valence-corrected chi connectivity index (χ0v) is 13.0. The standard InChI is InChI=1S/C16H22N2OS/c1-12-5-3-6-14(9-12)18(2)16(19)13-10-15(20-11-13)7-4-8-17/h10-12,14H,3,5-6,8-9,17H2,1-2H3. The van der Waals surface area contributed by atoms with Gasteiger partial charge in [-0.15, -0.1) is 11.3 Å². The van der Waals surface area contributed by atoms with Crippen LogP contribution < -0.4 is 5.73 Å². The van der Waals surface area contributed by atoms with Gasteiger partial charge in [-0.05, 0) is 24.8 Å².